The molecule has 0 heterocycles. The van der Waals surface area contributed by atoms with Crippen LogP contribution in [0.3, 0.4) is 0 Å². The van der Waals surface area contributed by atoms with Gasteiger partial charge in [0.25, 0.3) is 0 Å². The molecule has 0 aliphatic carbocycles. The molecule has 4 nitrogen and oxygen atoms in total. The first-order valence-electron chi connectivity index (χ1n) is 6.24. The van der Waals surface area contributed by atoms with Gasteiger partial charge in [-0.3, -0.25) is 0 Å². The summed E-state index contributed by atoms with van der Waals surface area (Å²) in [4.78, 5) is 0. The maximum atomic E-state index is 11.6. The number of benzene rings is 1. The minimum absolute atomic E-state index is 0.0659. The highest BCUT2D eigenvalue weighted by molar-refractivity contribution is 7.92. The Hall–Kier alpha value is -1.07. The van der Waals surface area contributed by atoms with Crippen LogP contribution in [0.2, 0.25) is 0 Å². The van der Waals surface area contributed by atoms with Gasteiger partial charge in [-0.2, -0.15) is 0 Å². The molecule has 0 aromatic heterocycles. The summed E-state index contributed by atoms with van der Waals surface area (Å²) in [6.07, 6.45) is 1.27. The van der Waals surface area contributed by atoms with Gasteiger partial charge >= 0.3 is 0 Å². The van der Waals surface area contributed by atoms with Crippen molar-refractivity contribution in [2.75, 3.05) is 19.9 Å². The van der Waals surface area contributed by atoms with Gasteiger partial charge in [-0.15, -0.1) is 0 Å². The molecule has 1 N–H and O–H groups in total. The van der Waals surface area contributed by atoms with Gasteiger partial charge in [0, 0.05) is 18.8 Å². The van der Waals surface area contributed by atoms with Gasteiger partial charge in [0.1, 0.15) is 5.75 Å². The summed E-state index contributed by atoms with van der Waals surface area (Å²) in [7, 11) is -1.45. The first-order chi connectivity index (χ1) is 8.67. The fourth-order valence-electron chi connectivity index (χ4n) is 1.56. The molecule has 19 heavy (non-hydrogen) atoms. The highest BCUT2D eigenvalue weighted by Gasteiger charge is 2.30. The van der Waals surface area contributed by atoms with Gasteiger partial charge in [-0.05, 0) is 38.5 Å². The van der Waals surface area contributed by atoms with E-state index in [-0.39, 0.29) is 6.04 Å². The van der Waals surface area contributed by atoms with Crippen LogP contribution in [0.25, 0.3) is 0 Å². The molecule has 0 fully saturated rings. The summed E-state index contributed by atoms with van der Waals surface area (Å²) in [5, 5.41) is 3.26. The number of sulfone groups is 1. The number of rotatable bonds is 6. The van der Waals surface area contributed by atoms with Crippen molar-refractivity contribution in [3.63, 3.8) is 0 Å². The zero-order valence-corrected chi connectivity index (χ0v) is 13.0. The lowest BCUT2D eigenvalue weighted by atomic mass is 10.1. The predicted molar refractivity (Wildman–Crippen MR) is 78.3 cm³/mol. The van der Waals surface area contributed by atoms with E-state index in [1.165, 1.54) is 6.26 Å². The number of ether oxygens (including phenoxy) is 1. The Morgan fingerprint density at radius 3 is 2.53 bits per heavy atom. The van der Waals surface area contributed by atoms with E-state index in [1.807, 2.05) is 31.2 Å². The second-order valence-electron chi connectivity index (χ2n) is 5.41. The third-order valence-corrected chi connectivity index (χ3v) is 5.58. The molecule has 0 aliphatic heterocycles. The van der Waals surface area contributed by atoms with E-state index in [4.69, 9.17) is 4.74 Å². The van der Waals surface area contributed by atoms with Crippen LogP contribution in [0.1, 0.15) is 32.4 Å². The Kier molecular flexibility index (Phi) is 4.98. The minimum Gasteiger partial charge on any atom is -0.497 e. The summed E-state index contributed by atoms with van der Waals surface area (Å²) in [5.74, 6) is 0.800. The fraction of sp³-hybridized carbons (Fsp3) is 0.571. The van der Waals surface area contributed by atoms with E-state index in [0.717, 1.165) is 11.3 Å². The highest BCUT2D eigenvalue weighted by atomic mass is 32.2. The number of nitrogens with one attached hydrogen (secondary N) is 1. The lowest BCUT2D eigenvalue weighted by Crippen LogP contribution is -2.42. The van der Waals surface area contributed by atoms with Crippen molar-refractivity contribution in [3.05, 3.63) is 29.8 Å². The molecule has 0 bridgehead atoms. The maximum Gasteiger partial charge on any atom is 0.153 e. The van der Waals surface area contributed by atoms with Crippen molar-refractivity contribution in [3.8, 4) is 5.75 Å². The van der Waals surface area contributed by atoms with Crippen molar-refractivity contribution in [2.24, 2.45) is 0 Å². The van der Waals surface area contributed by atoms with Crippen molar-refractivity contribution >= 4 is 9.84 Å². The Labute approximate surface area is 116 Å². The summed E-state index contributed by atoms with van der Waals surface area (Å²) in [6.45, 7) is 5.87. The minimum atomic E-state index is -3.08. The van der Waals surface area contributed by atoms with Crippen LogP contribution in [-0.4, -0.2) is 33.1 Å². The van der Waals surface area contributed by atoms with Gasteiger partial charge < -0.3 is 10.1 Å². The Morgan fingerprint density at radius 1 is 1.37 bits per heavy atom. The third kappa shape index (κ3) is 4.21. The van der Waals surface area contributed by atoms with Crippen LogP contribution in [0.4, 0.5) is 0 Å². The summed E-state index contributed by atoms with van der Waals surface area (Å²) >= 11 is 0. The quantitative estimate of drug-likeness (QED) is 0.870. The van der Waals surface area contributed by atoms with Gasteiger partial charge in [0.05, 0.1) is 11.9 Å². The zero-order valence-electron chi connectivity index (χ0n) is 12.2. The summed E-state index contributed by atoms with van der Waals surface area (Å²) < 4.78 is 27.7. The maximum absolute atomic E-state index is 11.6. The summed E-state index contributed by atoms with van der Waals surface area (Å²) in [6, 6.07) is 7.82. The van der Waals surface area contributed by atoms with Gasteiger partial charge in [0.15, 0.2) is 9.84 Å². The van der Waals surface area contributed by atoms with Crippen LogP contribution >= 0.6 is 0 Å². The molecule has 0 saturated carbocycles. The highest BCUT2D eigenvalue weighted by Crippen LogP contribution is 2.20. The number of hydrogen-bond donors (Lipinski definition) is 1. The van der Waals surface area contributed by atoms with E-state index in [2.05, 4.69) is 5.32 Å². The molecular formula is C14H23NO3S. The molecule has 5 heteroatoms. The second kappa shape index (κ2) is 5.92. The fourth-order valence-corrected chi connectivity index (χ4v) is 1.90. The van der Waals surface area contributed by atoms with E-state index in [1.54, 1.807) is 21.0 Å². The van der Waals surface area contributed by atoms with E-state index < -0.39 is 14.6 Å². The van der Waals surface area contributed by atoms with E-state index in [9.17, 15) is 8.42 Å². The van der Waals surface area contributed by atoms with Gasteiger partial charge in [-0.1, -0.05) is 12.1 Å². The lowest BCUT2D eigenvalue weighted by Gasteiger charge is -2.25. The first kappa shape index (κ1) is 16.0. The van der Waals surface area contributed by atoms with Crippen molar-refractivity contribution < 1.29 is 13.2 Å². The molecular weight excluding hydrogens is 262 g/mol. The van der Waals surface area contributed by atoms with Crippen molar-refractivity contribution in [1.29, 1.82) is 0 Å². The van der Waals surface area contributed by atoms with Crippen LogP contribution in [0.5, 0.6) is 5.75 Å². The topological polar surface area (TPSA) is 55.4 Å². The third-order valence-electron chi connectivity index (χ3n) is 3.43. The molecule has 0 amide bonds. The molecule has 1 aromatic carbocycles. The van der Waals surface area contributed by atoms with E-state index >= 15 is 0 Å². The Bertz CT molecular complexity index is 523. The number of hydrogen-bond acceptors (Lipinski definition) is 4. The van der Waals surface area contributed by atoms with Crippen molar-refractivity contribution in [2.45, 2.75) is 31.6 Å². The average molecular weight is 285 g/mol. The predicted octanol–water partition coefficient (Wildman–Crippen LogP) is 2.17. The Morgan fingerprint density at radius 2 is 2.00 bits per heavy atom. The SMILES string of the molecule is COc1cccc(C(C)NCC(C)(C)S(C)(=O)=O)c1. The molecule has 1 rings (SSSR count). The average Bonchev–Trinajstić information content (AvgIpc) is 2.34. The Balaban J connectivity index is 2.73. The lowest BCUT2D eigenvalue weighted by molar-refractivity contribution is 0.413. The molecule has 0 radical (unpaired) electrons. The molecule has 0 spiro atoms. The molecule has 0 aliphatic rings. The molecule has 0 saturated heterocycles. The standard InChI is InChI=1S/C14H23NO3S/c1-11(12-7-6-8-13(9-12)18-4)15-10-14(2,3)19(5,16)17/h6-9,11,15H,10H2,1-5H3. The van der Waals surface area contributed by atoms with Crippen LogP contribution in [-0.2, 0) is 9.84 Å². The van der Waals surface area contributed by atoms with Gasteiger partial charge in [0.2, 0.25) is 0 Å². The first-order valence-corrected chi connectivity index (χ1v) is 8.13. The largest absolute Gasteiger partial charge is 0.497 e. The molecule has 1 atom stereocenters. The van der Waals surface area contributed by atoms with Crippen LogP contribution in [0, 0.1) is 0 Å². The van der Waals surface area contributed by atoms with Crippen LogP contribution < -0.4 is 10.1 Å². The normalized spacial score (nSPS) is 14.2. The van der Waals surface area contributed by atoms with Gasteiger partial charge in [-0.25, -0.2) is 8.42 Å². The van der Waals surface area contributed by atoms with E-state index in [0.29, 0.717) is 6.54 Å². The van der Waals surface area contributed by atoms with Crippen molar-refractivity contribution in [1.82, 2.24) is 5.32 Å². The second-order valence-corrected chi connectivity index (χ2v) is 8.06. The number of methoxy groups -OCH3 is 1. The molecule has 1 unspecified atom stereocenters. The molecule has 1 aromatic rings. The zero-order chi connectivity index (χ0) is 14.7. The smallest absolute Gasteiger partial charge is 0.153 e. The van der Waals surface area contributed by atoms with Crippen LogP contribution in [0.15, 0.2) is 24.3 Å². The molecule has 108 valence electrons. The monoisotopic (exact) mass is 285 g/mol. The summed E-state index contributed by atoms with van der Waals surface area (Å²) in [5.41, 5.74) is 1.07.